The zero-order valence-corrected chi connectivity index (χ0v) is 9.94. The molecule has 84 valence electrons. The van der Waals surface area contributed by atoms with Gasteiger partial charge in [0, 0.05) is 13.0 Å². The number of hydrogen-bond donors (Lipinski definition) is 1. The van der Waals surface area contributed by atoms with Gasteiger partial charge in [-0.25, -0.2) is 0 Å². The molecule has 1 N–H and O–H groups in total. The van der Waals surface area contributed by atoms with Crippen molar-refractivity contribution >= 4 is 5.91 Å². The summed E-state index contributed by atoms with van der Waals surface area (Å²) in [6.07, 6.45) is 6.48. The van der Waals surface area contributed by atoms with Gasteiger partial charge >= 0.3 is 0 Å². The van der Waals surface area contributed by atoms with Gasteiger partial charge in [-0.1, -0.05) is 40.0 Å². The van der Waals surface area contributed by atoms with Crippen LogP contribution in [0.4, 0.5) is 0 Å². The second-order valence-corrected chi connectivity index (χ2v) is 4.16. The summed E-state index contributed by atoms with van der Waals surface area (Å²) in [7, 11) is 0. The third-order valence-corrected chi connectivity index (χ3v) is 2.44. The predicted octanol–water partition coefficient (Wildman–Crippen LogP) is 3.12. The smallest absolute Gasteiger partial charge is 0.220 e. The van der Waals surface area contributed by atoms with E-state index in [1.165, 1.54) is 19.3 Å². The van der Waals surface area contributed by atoms with E-state index in [-0.39, 0.29) is 5.91 Å². The zero-order valence-electron chi connectivity index (χ0n) is 9.94. The van der Waals surface area contributed by atoms with Crippen molar-refractivity contribution in [1.82, 2.24) is 5.32 Å². The van der Waals surface area contributed by atoms with E-state index in [1.807, 2.05) is 0 Å². The molecular weight excluding hydrogens is 174 g/mol. The van der Waals surface area contributed by atoms with Gasteiger partial charge in [0.1, 0.15) is 0 Å². The minimum Gasteiger partial charge on any atom is -0.356 e. The SMILES string of the molecule is CCCCCC(=O)NCC(C)CCC. The van der Waals surface area contributed by atoms with Crippen LogP contribution < -0.4 is 5.32 Å². The van der Waals surface area contributed by atoms with Crippen molar-refractivity contribution in [3.05, 3.63) is 0 Å². The van der Waals surface area contributed by atoms with E-state index in [0.717, 1.165) is 19.4 Å². The second-order valence-electron chi connectivity index (χ2n) is 4.16. The van der Waals surface area contributed by atoms with Crippen LogP contribution in [0.2, 0.25) is 0 Å². The second kappa shape index (κ2) is 9.04. The van der Waals surface area contributed by atoms with Crippen LogP contribution in [-0.2, 0) is 4.79 Å². The fourth-order valence-electron chi connectivity index (χ4n) is 1.51. The molecule has 1 atom stereocenters. The number of amides is 1. The predicted molar refractivity (Wildman–Crippen MR) is 61.2 cm³/mol. The number of hydrogen-bond acceptors (Lipinski definition) is 1. The number of nitrogens with one attached hydrogen (secondary N) is 1. The molecule has 0 aromatic rings. The molecule has 0 saturated heterocycles. The van der Waals surface area contributed by atoms with E-state index in [9.17, 15) is 4.79 Å². The molecule has 0 aromatic heterocycles. The Morgan fingerprint density at radius 2 is 1.93 bits per heavy atom. The Balaban J connectivity index is 3.34. The zero-order chi connectivity index (χ0) is 10.8. The fourth-order valence-corrected chi connectivity index (χ4v) is 1.51. The first-order valence-corrected chi connectivity index (χ1v) is 5.97. The van der Waals surface area contributed by atoms with Crippen LogP contribution in [0.3, 0.4) is 0 Å². The number of rotatable bonds is 8. The molecule has 0 spiro atoms. The van der Waals surface area contributed by atoms with Crippen molar-refractivity contribution in [1.29, 1.82) is 0 Å². The van der Waals surface area contributed by atoms with Crippen LogP contribution in [-0.4, -0.2) is 12.5 Å². The highest BCUT2D eigenvalue weighted by molar-refractivity contribution is 5.75. The van der Waals surface area contributed by atoms with Gasteiger partial charge in [-0.2, -0.15) is 0 Å². The average Bonchev–Trinajstić information content (AvgIpc) is 2.16. The Hall–Kier alpha value is -0.530. The first kappa shape index (κ1) is 13.5. The molecule has 1 unspecified atom stereocenters. The molecule has 0 bridgehead atoms. The lowest BCUT2D eigenvalue weighted by molar-refractivity contribution is -0.121. The van der Waals surface area contributed by atoms with Crippen molar-refractivity contribution < 1.29 is 4.79 Å². The van der Waals surface area contributed by atoms with Gasteiger partial charge in [-0.05, 0) is 18.8 Å². The molecule has 14 heavy (non-hydrogen) atoms. The Kier molecular flexibility index (Phi) is 8.70. The molecule has 2 heteroatoms. The van der Waals surface area contributed by atoms with Crippen molar-refractivity contribution in [3.63, 3.8) is 0 Å². The maximum atomic E-state index is 11.3. The fraction of sp³-hybridized carbons (Fsp3) is 0.917. The molecular formula is C12H25NO. The lowest BCUT2D eigenvalue weighted by Gasteiger charge is -2.11. The highest BCUT2D eigenvalue weighted by atomic mass is 16.1. The molecule has 0 aliphatic carbocycles. The molecule has 2 nitrogen and oxygen atoms in total. The third-order valence-electron chi connectivity index (χ3n) is 2.44. The third kappa shape index (κ3) is 8.09. The molecule has 0 fully saturated rings. The maximum absolute atomic E-state index is 11.3. The minimum absolute atomic E-state index is 0.224. The Bertz CT molecular complexity index is 145. The van der Waals surface area contributed by atoms with Gasteiger partial charge in [0.25, 0.3) is 0 Å². The summed E-state index contributed by atoms with van der Waals surface area (Å²) < 4.78 is 0. The van der Waals surface area contributed by atoms with Gasteiger partial charge in [0.2, 0.25) is 5.91 Å². The van der Waals surface area contributed by atoms with Gasteiger partial charge in [-0.3, -0.25) is 4.79 Å². The van der Waals surface area contributed by atoms with Crippen molar-refractivity contribution in [2.45, 2.75) is 59.3 Å². The molecule has 0 aromatic carbocycles. The Labute approximate surface area is 88.5 Å². The summed E-state index contributed by atoms with van der Waals surface area (Å²) in [6.45, 7) is 7.37. The van der Waals surface area contributed by atoms with Crippen LogP contribution >= 0.6 is 0 Å². The normalized spacial score (nSPS) is 12.5. The molecule has 0 heterocycles. The summed E-state index contributed by atoms with van der Waals surface area (Å²) in [5.41, 5.74) is 0. The van der Waals surface area contributed by atoms with Gasteiger partial charge < -0.3 is 5.32 Å². The van der Waals surface area contributed by atoms with E-state index in [1.54, 1.807) is 0 Å². The van der Waals surface area contributed by atoms with Crippen LogP contribution in [0.15, 0.2) is 0 Å². The molecule has 1 amide bonds. The summed E-state index contributed by atoms with van der Waals surface area (Å²) in [6, 6.07) is 0. The minimum atomic E-state index is 0.224. The van der Waals surface area contributed by atoms with E-state index in [2.05, 4.69) is 26.1 Å². The van der Waals surface area contributed by atoms with Crippen molar-refractivity contribution in [3.8, 4) is 0 Å². The monoisotopic (exact) mass is 199 g/mol. The molecule has 0 aliphatic heterocycles. The lowest BCUT2D eigenvalue weighted by Crippen LogP contribution is -2.27. The van der Waals surface area contributed by atoms with Gasteiger partial charge in [0.05, 0.1) is 0 Å². The van der Waals surface area contributed by atoms with E-state index < -0.39 is 0 Å². The van der Waals surface area contributed by atoms with Crippen LogP contribution in [0, 0.1) is 5.92 Å². The largest absolute Gasteiger partial charge is 0.356 e. The lowest BCUT2D eigenvalue weighted by atomic mass is 10.1. The summed E-state index contributed by atoms with van der Waals surface area (Å²) >= 11 is 0. The first-order chi connectivity index (χ1) is 6.70. The van der Waals surface area contributed by atoms with E-state index >= 15 is 0 Å². The van der Waals surface area contributed by atoms with Crippen molar-refractivity contribution in [2.24, 2.45) is 5.92 Å². The van der Waals surface area contributed by atoms with Crippen molar-refractivity contribution in [2.75, 3.05) is 6.54 Å². The number of carbonyl (C=O) groups excluding carboxylic acids is 1. The van der Waals surface area contributed by atoms with E-state index in [0.29, 0.717) is 12.3 Å². The van der Waals surface area contributed by atoms with E-state index in [4.69, 9.17) is 0 Å². The van der Waals surface area contributed by atoms with Crippen LogP contribution in [0.25, 0.3) is 0 Å². The number of carbonyl (C=O) groups is 1. The molecule has 0 aliphatic rings. The summed E-state index contributed by atoms with van der Waals surface area (Å²) in [5, 5.41) is 2.99. The summed E-state index contributed by atoms with van der Waals surface area (Å²) in [4.78, 5) is 11.3. The molecule has 0 radical (unpaired) electrons. The van der Waals surface area contributed by atoms with Gasteiger partial charge in [-0.15, -0.1) is 0 Å². The van der Waals surface area contributed by atoms with Crippen LogP contribution in [0.5, 0.6) is 0 Å². The Morgan fingerprint density at radius 1 is 1.21 bits per heavy atom. The first-order valence-electron chi connectivity index (χ1n) is 5.97. The summed E-state index contributed by atoms with van der Waals surface area (Å²) in [5.74, 6) is 0.844. The highest BCUT2D eigenvalue weighted by Crippen LogP contribution is 2.03. The Morgan fingerprint density at radius 3 is 2.50 bits per heavy atom. The highest BCUT2D eigenvalue weighted by Gasteiger charge is 2.03. The topological polar surface area (TPSA) is 29.1 Å². The quantitative estimate of drug-likeness (QED) is 0.598. The standard InChI is InChI=1S/C12H25NO/c1-4-6-7-9-12(14)13-10-11(3)8-5-2/h11H,4-10H2,1-3H3,(H,13,14). The average molecular weight is 199 g/mol. The van der Waals surface area contributed by atoms with Crippen LogP contribution in [0.1, 0.15) is 59.3 Å². The maximum Gasteiger partial charge on any atom is 0.220 e. The number of unbranched alkanes of at least 4 members (excludes halogenated alkanes) is 2. The van der Waals surface area contributed by atoms with Gasteiger partial charge in [0.15, 0.2) is 0 Å². The molecule has 0 rings (SSSR count). The molecule has 0 saturated carbocycles.